The van der Waals surface area contributed by atoms with Crippen molar-refractivity contribution in [2.24, 2.45) is 0 Å². The van der Waals surface area contributed by atoms with Gasteiger partial charge in [0.15, 0.2) is 0 Å². The van der Waals surface area contributed by atoms with Crippen LogP contribution in [0.3, 0.4) is 0 Å². The van der Waals surface area contributed by atoms with E-state index in [0.29, 0.717) is 0 Å². The molecule has 0 saturated heterocycles. The molecule has 1 aromatic heterocycles. The molecule has 0 spiro atoms. The Balaban J connectivity index is 3.05. The molecule has 1 heterocycles. The average molecular weight is 106 g/mol. The zero-order valence-corrected chi connectivity index (χ0v) is 3.96. The minimum atomic E-state index is 0.0380. The predicted octanol–water partition coefficient (Wildman–Crippen LogP) is 1.28. The van der Waals surface area contributed by atoms with Gasteiger partial charge >= 0.3 is 5.82 Å². The SMILES string of the molecule is [C-]#[N+]c1coc([CH])n1. The fourth-order valence-corrected chi connectivity index (χ4v) is 0.330. The maximum Gasteiger partial charge on any atom is 0.308 e. The molecule has 0 aliphatic heterocycles. The van der Waals surface area contributed by atoms with Crippen molar-refractivity contribution >= 4 is 5.82 Å². The van der Waals surface area contributed by atoms with E-state index >= 15 is 0 Å². The Morgan fingerprint density at radius 1 is 1.88 bits per heavy atom. The van der Waals surface area contributed by atoms with Gasteiger partial charge in [-0.15, -0.1) is 0 Å². The second-order valence-electron chi connectivity index (χ2n) is 1.16. The van der Waals surface area contributed by atoms with E-state index in [1.54, 1.807) is 0 Å². The van der Waals surface area contributed by atoms with Crippen molar-refractivity contribution in [3.63, 3.8) is 0 Å². The number of aromatic nitrogens is 1. The molecule has 1 aromatic rings. The molecule has 8 heavy (non-hydrogen) atoms. The van der Waals surface area contributed by atoms with Gasteiger partial charge in [-0.25, -0.2) is 0 Å². The number of oxazole rings is 1. The molecule has 1 rings (SSSR count). The summed E-state index contributed by atoms with van der Waals surface area (Å²) in [5.74, 6) is 0.235. The molecule has 0 saturated carbocycles. The predicted molar refractivity (Wildman–Crippen MR) is 26.2 cm³/mol. The standard InChI is InChI=1S/C5H2N2O/c1-4-7-5(6-2)3-8-4/h1,3H. The van der Waals surface area contributed by atoms with Crippen LogP contribution in [-0.4, -0.2) is 4.98 Å². The molecule has 0 fully saturated rings. The van der Waals surface area contributed by atoms with Gasteiger partial charge in [0.05, 0.1) is 6.92 Å². The van der Waals surface area contributed by atoms with E-state index in [1.165, 1.54) is 6.26 Å². The summed E-state index contributed by atoms with van der Waals surface area (Å²) in [7, 11) is 0. The molecule has 0 aliphatic carbocycles. The summed E-state index contributed by atoms with van der Waals surface area (Å²) in [5, 5.41) is 0. The van der Waals surface area contributed by atoms with Crippen molar-refractivity contribution in [3.8, 4) is 0 Å². The molecule has 0 atom stereocenters. The van der Waals surface area contributed by atoms with Crippen molar-refractivity contribution < 1.29 is 4.42 Å². The molecular weight excluding hydrogens is 104 g/mol. The van der Waals surface area contributed by atoms with E-state index in [4.69, 9.17) is 13.5 Å². The van der Waals surface area contributed by atoms with Crippen molar-refractivity contribution in [1.29, 1.82) is 0 Å². The highest BCUT2D eigenvalue weighted by molar-refractivity contribution is 5.31. The first-order valence-electron chi connectivity index (χ1n) is 1.91. The maximum absolute atomic E-state index is 6.40. The van der Waals surface area contributed by atoms with Gasteiger partial charge in [0.1, 0.15) is 6.26 Å². The molecule has 0 bridgehead atoms. The van der Waals surface area contributed by atoms with Gasteiger partial charge in [0.2, 0.25) is 0 Å². The average Bonchev–Trinajstić information content (AvgIpc) is 2.14. The van der Waals surface area contributed by atoms with Crippen LogP contribution in [-0.2, 0) is 0 Å². The van der Waals surface area contributed by atoms with E-state index in [1.807, 2.05) is 0 Å². The van der Waals surface area contributed by atoms with Gasteiger partial charge in [0, 0.05) is 0 Å². The van der Waals surface area contributed by atoms with Crippen LogP contribution in [0.25, 0.3) is 4.85 Å². The Morgan fingerprint density at radius 3 is 2.88 bits per heavy atom. The number of hydrogen-bond acceptors (Lipinski definition) is 2. The highest BCUT2D eigenvalue weighted by Crippen LogP contribution is 2.08. The van der Waals surface area contributed by atoms with Crippen molar-refractivity contribution in [3.05, 3.63) is 30.5 Å². The third-order valence-electron chi connectivity index (χ3n) is 0.624. The van der Waals surface area contributed by atoms with Gasteiger partial charge in [0.25, 0.3) is 5.89 Å². The van der Waals surface area contributed by atoms with Crippen molar-refractivity contribution in [2.75, 3.05) is 0 Å². The fourth-order valence-electron chi connectivity index (χ4n) is 0.330. The van der Waals surface area contributed by atoms with Gasteiger partial charge in [-0.1, -0.05) is 11.6 Å². The van der Waals surface area contributed by atoms with Crippen LogP contribution < -0.4 is 0 Å². The molecule has 3 heteroatoms. The summed E-state index contributed by atoms with van der Waals surface area (Å²) in [6.07, 6.45) is 1.21. The lowest BCUT2D eigenvalue weighted by atomic mass is 10.8. The Hall–Kier alpha value is -1.30. The zero-order valence-electron chi connectivity index (χ0n) is 3.96. The van der Waals surface area contributed by atoms with Crippen LogP contribution in [0.15, 0.2) is 10.7 Å². The summed E-state index contributed by atoms with van der Waals surface area (Å²) in [6, 6.07) is 0. The summed E-state index contributed by atoms with van der Waals surface area (Å²) < 4.78 is 4.51. The first-order chi connectivity index (χ1) is 3.83. The monoisotopic (exact) mass is 106 g/mol. The van der Waals surface area contributed by atoms with Crippen molar-refractivity contribution in [2.45, 2.75) is 0 Å². The molecule has 0 aromatic carbocycles. The van der Waals surface area contributed by atoms with E-state index in [9.17, 15) is 0 Å². The normalized spacial score (nSPS) is 8.50. The van der Waals surface area contributed by atoms with E-state index in [0.717, 1.165) is 0 Å². The molecule has 0 aliphatic rings. The van der Waals surface area contributed by atoms with Crippen LogP contribution >= 0.6 is 0 Å². The summed E-state index contributed by atoms with van der Waals surface area (Å²) in [5.41, 5.74) is 0. The molecule has 0 N–H and O–H groups in total. The lowest BCUT2D eigenvalue weighted by Crippen LogP contribution is -1.62. The maximum atomic E-state index is 6.40. The molecule has 3 nitrogen and oxygen atoms in total. The Labute approximate surface area is 46.8 Å². The Kier molecular flexibility index (Phi) is 1.01. The number of rotatable bonds is 0. The zero-order chi connectivity index (χ0) is 5.98. The second kappa shape index (κ2) is 1.66. The lowest BCUT2D eigenvalue weighted by Gasteiger charge is -1.64. The van der Waals surface area contributed by atoms with Gasteiger partial charge in [-0.2, -0.15) is 0 Å². The third kappa shape index (κ3) is 0.684. The second-order valence-corrected chi connectivity index (χ2v) is 1.16. The molecule has 38 valence electrons. The van der Waals surface area contributed by atoms with Crippen LogP contribution in [0.4, 0.5) is 5.82 Å². The van der Waals surface area contributed by atoms with Crippen molar-refractivity contribution in [1.82, 2.24) is 4.98 Å². The summed E-state index contributed by atoms with van der Waals surface area (Å²) in [6.45, 7) is 11.4. The van der Waals surface area contributed by atoms with E-state index in [2.05, 4.69) is 14.2 Å². The largest absolute Gasteiger partial charge is 0.442 e. The smallest absolute Gasteiger partial charge is 0.308 e. The van der Waals surface area contributed by atoms with E-state index in [-0.39, 0.29) is 11.7 Å². The molecule has 2 radical (unpaired) electrons. The molecule has 0 amide bonds. The summed E-state index contributed by atoms with van der Waals surface area (Å²) >= 11 is 0. The molecular formula is C5H2N2O. The molecule has 0 unspecified atom stereocenters. The minimum Gasteiger partial charge on any atom is -0.442 e. The van der Waals surface area contributed by atoms with Crippen LogP contribution in [0.5, 0.6) is 0 Å². The Morgan fingerprint density at radius 2 is 2.62 bits per heavy atom. The lowest BCUT2D eigenvalue weighted by molar-refractivity contribution is 0.538. The van der Waals surface area contributed by atoms with Crippen LogP contribution in [0.2, 0.25) is 0 Å². The number of nitrogens with zero attached hydrogens (tertiary/aromatic N) is 2. The van der Waals surface area contributed by atoms with Crippen LogP contribution in [0, 0.1) is 13.5 Å². The topological polar surface area (TPSA) is 30.4 Å². The first-order valence-corrected chi connectivity index (χ1v) is 1.91. The summed E-state index contributed by atoms with van der Waals surface area (Å²) in [4.78, 5) is 6.44. The highest BCUT2D eigenvalue weighted by atomic mass is 16.3. The van der Waals surface area contributed by atoms with Gasteiger partial charge in [-0.3, -0.25) is 0 Å². The number of hydrogen-bond donors (Lipinski definition) is 0. The van der Waals surface area contributed by atoms with Crippen LogP contribution in [0.1, 0.15) is 5.89 Å². The fraction of sp³-hybridized carbons (Fsp3) is 0. The van der Waals surface area contributed by atoms with E-state index < -0.39 is 0 Å². The highest BCUT2D eigenvalue weighted by Gasteiger charge is 1.97. The van der Waals surface area contributed by atoms with Gasteiger partial charge < -0.3 is 9.26 Å². The van der Waals surface area contributed by atoms with Gasteiger partial charge in [-0.05, 0) is 0 Å². The first kappa shape index (κ1) is 4.85. The quantitative estimate of drug-likeness (QED) is 0.466. The minimum absolute atomic E-state index is 0.0380. The third-order valence-corrected chi connectivity index (χ3v) is 0.624. The Bertz CT molecular complexity index is 221.